The van der Waals surface area contributed by atoms with Crippen LogP contribution in [0.15, 0.2) is 72.8 Å². The molecule has 1 heterocycles. The molecule has 0 saturated heterocycles. The highest BCUT2D eigenvalue weighted by Gasteiger charge is 2.24. The lowest BCUT2D eigenvalue weighted by molar-refractivity contribution is -0.0122. The highest BCUT2D eigenvalue weighted by atomic mass is 35.5. The Kier molecular flexibility index (Phi) is 9.39. The molecule has 7 nitrogen and oxygen atoms in total. The Balaban J connectivity index is 1.23. The highest BCUT2D eigenvalue weighted by Crippen LogP contribution is 2.30. The number of esters is 1. The molecule has 41 heavy (non-hydrogen) atoms. The van der Waals surface area contributed by atoms with E-state index in [9.17, 15) is 4.79 Å². The van der Waals surface area contributed by atoms with Gasteiger partial charge in [0.15, 0.2) is 0 Å². The molecule has 0 spiro atoms. The summed E-state index contributed by atoms with van der Waals surface area (Å²) < 4.78 is 28.4. The van der Waals surface area contributed by atoms with Gasteiger partial charge in [0.1, 0.15) is 42.1 Å². The number of hydrogen-bond donors (Lipinski definition) is 0. The summed E-state index contributed by atoms with van der Waals surface area (Å²) in [5, 5.41) is 1.70. The third kappa shape index (κ3) is 7.99. The first kappa shape index (κ1) is 28.5. The predicted octanol–water partition coefficient (Wildman–Crippen LogP) is 7.11. The highest BCUT2D eigenvalue weighted by molar-refractivity contribution is 6.31. The molecule has 0 amide bonds. The van der Waals surface area contributed by atoms with Gasteiger partial charge < -0.3 is 23.7 Å². The molecule has 1 atom stereocenters. The minimum Gasteiger partial charge on any atom is -0.497 e. The molecule has 1 fully saturated rings. The molecule has 8 heteroatoms. The van der Waals surface area contributed by atoms with E-state index in [1.807, 2.05) is 66.7 Å². The number of carbonyl (C=O) groups excluding carboxylic acids is 1. The van der Waals surface area contributed by atoms with Gasteiger partial charge in [0.05, 0.1) is 32.0 Å². The van der Waals surface area contributed by atoms with Gasteiger partial charge in [0.25, 0.3) is 0 Å². The number of aromatic nitrogens is 1. The molecular formula is C33H32ClNO6. The van der Waals surface area contributed by atoms with Crippen molar-refractivity contribution in [2.45, 2.75) is 18.9 Å². The summed E-state index contributed by atoms with van der Waals surface area (Å²) in [6.07, 6.45) is 5.96. The maximum absolute atomic E-state index is 12.3. The van der Waals surface area contributed by atoms with Crippen LogP contribution < -0.4 is 14.2 Å². The Morgan fingerprint density at radius 1 is 0.951 bits per heavy atom. The van der Waals surface area contributed by atoms with Crippen molar-refractivity contribution >= 4 is 40.6 Å². The first-order chi connectivity index (χ1) is 20.0. The Bertz CT molecular complexity index is 1530. The zero-order valence-electron chi connectivity index (χ0n) is 23.0. The average Bonchev–Trinajstić information content (AvgIpc) is 3.84. The van der Waals surface area contributed by atoms with Gasteiger partial charge in [-0.2, -0.15) is 0 Å². The molecule has 0 radical (unpaired) electrons. The van der Waals surface area contributed by atoms with E-state index in [0.717, 1.165) is 22.2 Å². The van der Waals surface area contributed by atoms with E-state index in [1.165, 1.54) is 27.1 Å². The number of fused-ring (bicyclic) bond motifs is 1. The summed E-state index contributed by atoms with van der Waals surface area (Å²) in [5.41, 5.74) is 2.95. The van der Waals surface area contributed by atoms with Crippen molar-refractivity contribution in [2.75, 3.05) is 34.0 Å². The van der Waals surface area contributed by atoms with Crippen LogP contribution in [0.5, 0.6) is 17.2 Å². The average molecular weight is 574 g/mol. The molecule has 5 rings (SSSR count). The van der Waals surface area contributed by atoms with E-state index in [0.29, 0.717) is 34.8 Å². The van der Waals surface area contributed by atoms with Crippen LogP contribution in [0.2, 0.25) is 5.02 Å². The van der Waals surface area contributed by atoms with Gasteiger partial charge in [-0.05, 0) is 78.9 Å². The maximum atomic E-state index is 12.3. The molecule has 3 aromatic carbocycles. The smallest absolute Gasteiger partial charge is 0.341 e. The number of ether oxygens (including phenoxy) is 5. The molecule has 4 aromatic rings. The molecule has 0 bridgehead atoms. The van der Waals surface area contributed by atoms with E-state index >= 15 is 0 Å². The molecule has 212 valence electrons. The zero-order valence-corrected chi connectivity index (χ0v) is 23.8. The second kappa shape index (κ2) is 13.5. The lowest BCUT2D eigenvalue weighted by atomic mass is 10.1. The van der Waals surface area contributed by atoms with E-state index in [-0.39, 0.29) is 24.9 Å². The van der Waals surface area contributed by atoms with Gasteiger partial charge in [-0.3, -0.25) is 0 Å². The minimum absolute atomic E-state index is 0.209. The van der Waals surface area contributed by atoms with Gasteiger partial charge in [-0.25, -0.2) is 9.78 Å². The minimum atomic E-state index is -0.502. The second-order valence-corrected chi connectivity index (χ2v) is 10.3. The van der Waals surface area contributed by atoms with Crippen LogP contribution in [0.3, 0.4) is 0 Å². The third-order valence-corrected chi connectivity index (χ3v) is 6.93. The molecular weight excluding hydrogens is 542 g/mol. The molecule has 0 aliphatic heterocycles. The lowest BCUT2D eigenvalue weighted by Gasteiger charge is -2.20. The van der Waals surface area contributed by atoms with Crippen LogP contribution in [0.25, 0.3) is 23.1 Å². The van der Waals surface area contributed by atoms with Crippen molar-refractivity contribution < 1.29 is 28.5 Å². The van der Waals surface area contributed by atoms with Crippen molar-refractivity contribution in [3.05, 3.63) is 94.6 Å². The number of nitrogens with zero attached hydrogens (tertiary/aromatic N) is 1. The van der Waals surface area contributed by atoms with Crippen molar-refractivity contribution in [1.29, 1.82) is 0 Å². The van der Waals surface area contributed by atoms with Crippen LogP contribution in [-0.2, 0) is 9.47 Å². The normalized spacial score (nSPS) is 13.7. The fourth-order valence-corrected chi connectivity index (χ4v) is 4.36. The first-order valence-corrected chi connectivity index (χ1v) is 13.9. The standard InChI is InChI=1S/C33H32ClNO6/c1-37-27-14-15-32(30(18-27)33(36)38-2)41-21-29(39-19-23-6-7-23)20-40-28-5-3-4-22(16-28)8-12-26-13-10-24-9-11-25(34)17-31(24)35-26/h3-5,8-18,23,29H,6-7,19-21H2,1-2H3/b12-8+. The van der Waals surface area contributed by atoms with Gasteiger partial charge in [0, 0.05) is 10.4 Å². The van der Waals surface area contributed by atoms with Crippen LogP contribution in [0.4, 0.5) is 0 Å². The molecule has 0 N–H and O–H groups in total. The number of rotatable bonds is 13. The summed E-state index contributed by atoms with van der Waals surface area (Å²) in [6.45, 7) is 1.15. The molecule has 1 aliphatic carbocycles. The van der Waals surface area contributed by atoms with Crippen LogP contribution in [0.1, 0.15) is 34.5 Å². The number of carbonyl (C=O) groups is 1. The van der Waals surface area contributed by atoms with Gasteiger partial charge in [0.2, 0.25) is 0 Å². The summed E-state index contributed by atoms with van der Waals surface area (Å²) in [6, 6.07) is 22.5. The van der Waals surface area contributed by atoms with Crippen LogP contribution >= 0.6 is 11.6 Å². The Morgan fingerprint density at radius 2 is 1.78 bits per heavy atom. The Morgan fingerprint density at radius 3 is 2.59 bits per heavy atom. The first-order valence-electron chi connectivity index (χ1n) is 13.5. The van der Waals surface area contributed by atoms with Crippen molar-refractivity contribution in [3.8, 4) is 17.2 Å². The molecule has 1 aliphatic rings. The number of benzene rings is 3. The number of methoxy groups -OCH3 is 2. The largest absolute Gasteiger partial charge is 0.497 e. The van der Waals surface area contributed by atoms with Gasteiger partial charge in [-0.15, -0.1) is 0 Å². The van der Waals surface area contributed by atoms with Gasteiger partial charge in [-0.1, -0.05) is 41.9 Å². The summed E-state index contributed by atoms with van der Waals surface area (Å²) in [7, 11) is 2.87. The fourth-order valence-electron chi connectivity index (χ4n) is 4.19. The van der Waals surface area contributed by atoms with Gasteiger partial charge >= 0.3 is 5.97 Å². The Hall–Kier alpha value is -4.07. The second-order valence-electron chi connectivity index (χ2n) is 9.85. The zero-order chi connectivity index (χ0) is 28.6. The van der Waals surface area contributed by atoms with Crippen molar-refractivity contribution in [1.82, 2.24) is 4.98 Å². The predicted molar refractivity (Wildman–Crippen MR) is 160 cm³/mol. The van der Waals surface area contributed by atoms with E-state index < -0.39 is 5.97 Å². The molecule has 1 saturated carbocycles. The number of halogens is 1. The van der Waals surface area contributed by atoms with Crippen molar-refractivity contribution in [3.63, 3.8) is 0 Å². The number of pyridine rings is 1. The topological polar surface area (TPSA) is 76.1 Å². The number of hydrogen-bond acceptors (Lipinski definition) is 7. The lowest BCUT2D eigenvalue weighted by Crippen LogP contribution is -2.30. The molecule has 1 unspecified atom stereocenters. The quantitative estimate of drug-likeness (QED) is 0.158. The van der Waals surface area contributed by atoms with Crippen LogP contribution in [-0.4, -0.2) is 51.1 Å². The summed E-state index contributed by atoms with van der Waals surface area (Å²) in [4.78, 5) is 17.0. The van der Waals surface area contributed by atoms with Crippen LogP contribution in [0, 0.1) is 5.92 Å². The molecule has 1 aromatic heterocycles. The van der Waals surface area contributed by atoms with Crippen molar-refractivity contribution in [2.24, 2.45) is 5.92 Å². The van der Waals surface area contributed by atoms with E-state index in [4.69, 9.17) is 35.3 Å². The summed E-state index contributed by atoms with van der Waals surface area (Å²) in [5.74, 6) is 1.73. The maximum Gasteiger partial charge on any atom is 0.341 e. The fraction of sp³-hybridized carbons (Fsp3) is 0.273. The van der Waals surface area contributed by atoms with E-state index in [2.05, 4.69) is 4.98 Å². The SMILES string of the molecule is COC(=O)c1cc(OC)ccc1OCC(COc1cccc(/C=C/c2ccc3ccc(Cl)cc3n2)c1)OCC1CC1. The van der Waals surface area contributed by atoms with E-state index in [1.54, 1.807) is 18.2 Å². The monoisotopic (exact) mass is 573 g/mol. The third-order valence-electron chi connectivity index (χ3n) is 6.70. The summed E-state index contributed by atoms with van der Waals surface area (Å²) >= 11 is 6.13. The Labute approximate surface area is 244 Å².